The van der Waals surface area contributed by atoms with Crippen molar-refractivity contribution in [3.05, 3.63) is 0 Å². The molecule has 0 bridgehead atoms. The molecule has 0 radical (unpaired) electrons. The van der Waals surface area contributed by atoms with E-state index < -0.39 is 21.8 Å². The van der Waals surface area contributed by atoms with Crippen LogP contribution in [0.3, 0.4) is 0 Å². The fraction of sp³-hybridized carbons (Fsp3) is 1.00. The molecular weight excluding hydrogens is 226 g/mol. The third kappa shape index (κ3) is 4.87. The lowest BCUT2D eigenvalue weighted by Crippen LogP contribution is -2.48. The van der Waals surface area contributed by atoms with Gasteiger partial charge in [0.05, 0.1) is 6.61 Å². The molecule has 0 aliphatic rings. The molecule has 0 spiro atoms. The molecule has 0 aromatic heterocycles. The van der Waals surface area contributed by atoms with Gasteiger partial charge in [-0.3, -0.25) is 4.90 Å². The summed E-state index contributed by atoms with van der Waals surface area (Å²) in [6.07, 6.45) is -1.22. The van der Waals surface area contributed by atoms with E-state index in [-0.39, 0.29) is 19.7 Å². The largest absolute Gasteiger partial charge is 0.746 e. The van der Waals surface area contributed by atoms with Gasteiger partial charge in [0.2, 0.25) is 0 Å². The second-order valence-electron chi connectivity index (χ2n) is 3.06. The van der Waals surface area contributed by atoms with Gasteiger partial charge < -0.3 is 19.9 Å². The molecular formula is C7H16NO6S-. The number of rotatable bonds is 7. The third-order valence-electron chi connectivity index (χ3n) is 1.82. The number of nitrogens with zero attached hydrogens (tertiary/aromatic N) is 1. The topological polar surface area (TPSA) is 121 Å². The molecule has 3 N–H and O–H groups in total. The van der Waals surface area contributed by atoms with Crippen LogP contribution in [0, 0.1) is 0 Å². The summed E-state index contributed by atoms with van der Waals surface area (Å²) in [7, 11) is -4.95. The van der Waals surface area contributed by atoms with Crippen molar-refractivity contribution in [3.63, 3.8) is 0 Å². The predicted molar refractivity (Wildman–Crippen MR) is 50.7 cm³/mol. The van der Waals surface area contributed by atoms with Crippen LogP contribution in [0.1, 0.15) is 13.3 Å². The summed E-state index contributed by atoms with van der Waals surface area (Å²) in [5.74, 6) is 0. The van der Waals surface area contributed by atoms with E-state index in [9.17, 15) is 18.1 Å². The first-order valence-corrected chi connectivity index (χ1v) is 5.97. The van der Waals surface area contributed by atoms with Gasteiger partial charge in [-0.2, -0.15) is 0 Å². The van der Waals surface area contributed by atoms with Crippen LogP contribution in [0.25, 0.3) is 0 Å². The third-order valence-corrected chi connectivity index (χ3v) is 2.66. The number of hydrogen-bond donors (Lipinski definition) is 3. The molecule has 92 valence electrons. The van der Waals surface area contributed by atoms with Crippen LogP contribution in [-0.2, 0) is 10.1 Å². The van der Waals surface area contributed by atoms with Crippen molar-refractivity contribution in [2.75, 3.05) is 19.7 Å². The van der Waals surface area contributed by atoms with Gasteiger partial charge in [0, 0.05) is 13.1 Å². The monoisotopic (exact) mass is 242 g/mol. The zero-order valence-electron chi connectivity index (χ0n) is 8.40. The minimum Gasteiger partial charge on any atom is -0.746 e. The van der Waals surface area contributed by atoms with Crippen molar-refractivity contribution < 1.29 is 28.3 Å². The zero-order valence-corrected chi connectivity index (χ0v) is 9.22. The van der Waals surface area contributed by atoms with Gasteiger partial charge >= 0.3 is 0 Å². The highest BCUT2D eigenvalue weighted by molar-refractivity contribution is 7.86. The van der Waals surface area contributed by atoms with E-state index in [4.69, 9.17) is 10.2 Å². The molecule has 8 heteroatoms. The van der Waals surface area contributed by atoms with Gasteiger partial charge in [0.25, 0.3) is 0 Å². The number of aliphatic hydroxyl groups excluding tert-OH is 3. The van der Waals surface area contributed by atoms with Crippen LogP contribution < -0.4 is 0 Å². The summed E-state index contributed by atoms with van der Waals surface area (Å²) >= 11 is 0. The fourth-order valence-electron chi connectivity index (χ4n) is 1.12. The Labute approximate surface area is 88.7 Å². The Bertz CT molecular complexity index is 261. The van der Waals surface area contributed by atoms with Crippen molar-refractivity contribution >= 4 is 10.1 Å². The van der Waals surface area contributed by atoms with Crippen LogP contribution in [0.5, 0.6) is 0 Å². The van der Waals surface area contributed by atoms with E-state index in [0.29, 0.717) is 6.42 Å². The average molecular weight is 242 g/mol. The zero-order chi connectivity index (χ0) is 12.1. The molecule has 0 saturated carbocycles. The Hall–Kier alpha value is -0.250. The minimum atomic E-state index is -4.95. The van der Waals surface area contributed by atoms with Crippen LogP contribution >= 0.6 is 0 Å². The summed E-state index contributed by atoms with van der Waals surface area (Å²) < 4.78 is 31.3. The van der Waals surface area contributed by atoms with Crippen molar-refractivity contribution in [2.45, 2.75) is 25.0 Å². The number of hydrogen-bond acceptors (Lipinski definition) is 7. The van der Waals surface area contributed by atoms with Crippen LogP contribution in [0.15, 0.2) is 0 Å². The standard InChI is InChI=1S/C7H17NO6S/c1-2-3-8(4-5-9)6(10)7(11)15(12,13)14/h6-7,9-11H,2-5H2,1H3,(H,12,13,14)/p-1. The molecule has 0 aromatic carbocycles. The second kappa shape index (κ2) is 6.36. The highest BCUT2D eigenvalue weighted by atomic mass is 32.2. The summed E-state index contributed by atoms with van der Waals surface area (Å²) in [6, 6.07) is 0. The van der Waals surface area contributed by atoms with Crippen molar-refractivity contribution in [2.24, 2.45) is 0 Å². The fourth-order valence-corrected chi connectivity index (χ4v) is 1.59. The Balaban J connectivity index is 4.54. The van der Waals surface area contributed by atoms with Gasteiger partial charge in [-0.15, -0.1) is 0 Å². The normalized spacial score (nSPS) is 16.7. The number of aliphatic hydroxyl groups is 3. The second-order valence-corrected chi connectivity index (χ2v) is 4.53. The van der Waals surface area contributed by atoms with Gasteiger partial charge in [-0.05, 0) is 6.42 Å². The Kier molecular flexibility index (Phi) is 6.25. The molecule has 0 aliphatic heterocycles. The van der Waals surface area contributed by atoms with E-state index in [1.54, 1.807) is 6.92 Å². The molecule has 15 heavy (non-hydrogen) atoms. The molecule has 2 atom stereocenters. The summed E-state index contributed by atoms with van der Waals surface area (Å²) in [4.78, 5) is 1.13. The van der Waals surface area contributed by atoms with Crippen LogP contribution in [0.2, 0.25) is 0 Å². The van der Waals surface area contributed by atoms with E-state index >= 15 is 0 Å². The average Bonchev–Trinajstić information content (AvgIpc) is 2.14. The van der Waals surface area contributed by atoms with Crippen LogP contribution in [-0.4, -0.2) is 64.6 Å². The summed E-state index contributed by atoms with van der Waals surface area (Å²) in [6.45, 7) is 1.73. The van der Waals surface area contributed by atoms with Gasteiger partial charge in [0.15, 0.2) is 5.44 Å². The first-order valence-electron chi connectivity index (χ1n) is 4.50. The molecule has 2 unspecified atom stereocenters. The molecule has 7 nitrogen and oxygen atoms in total. The molecule has 0 amide bonds. The Morgan fingerprint density at radius 1 is 1.33 bits per heavy atom. The van der Waals surface area contributed by atoms with E-state index in [0.717, 1.165) is 4.90 Å². The minimum absolute atomic E-state index is 0.0123. The van der Waals surface area contributed by atoms with Crippen LogP contribution in [0.4, 0.5) is 0 Å². The van der Waals surface area contributed by atoms with E-state index in [2.05, 4.69) is 0 Å². The lowest BCUT2D eigenvalue weighted by molar-refractivity contribution is -0.0596. The van der Waals surface area contributed by atoms with Crippen molar-refractivity contribution in [3.8, 4) is 0 Å². The molecule has 0 fully saturated rings. The van der Waals surface area contributed by atoms with Gasteiger partial charge in [-0.1, -0.05) is 6.92 Å². The Morgan fingerprint density at radius 3 is 2.20 bits per heavy atom. The molecule has 0 saturated heterocycles. The Morgan fingerprint density at radius 2 is 1.87 bits per heavy atom. The SMILES string of the molecule is CCCN(CCO)C(O)C(O)S(=O)(=O)[O-]. The quantitative estimate of drug-likeness (QED) is 0.344. The van der Waals surface area contributed by atoms with Gasteiger partial charge in [0.1, 0.15) is 16.3 Å². The lowest BCUT2D eigenvalue weighted by atomic mass is 10.3. The van der Waals surface area contributed by atoms with E-state index in [1.165, 1.54) is 0 Å². The lowest BCUT2D eigenvalue weighted by Gasteiger charge is -2.30. The molecule has 0 aromatic rings. The maximum atomic E-state index is 10.4. The van der Waals surface area contributed by atoms with Crippen molar-refractivity contribution in [1.29, 1.82) is 0 Å². The van der Waals surface area contributed by atoms with E-state index in [1.807, 2.05) is 0 Å². The smallest absolute Gasteiger partial charge is 0.183 e. The first kappa shape index (κ1) is 14.8. The molecule has 0 heterocycles. The molecule has 0 aliphatic carbocycles. The summed E-state index contributed by atoms with van der Waals surface area (Å²) in [5.41, 5.74) is -2.39. The predicted octanol–water partition coefficient (Wildman–Crippen LogP) is -2.13. The maximum absolute atomic E-state index is 10.4. The maximum Gasteiger partial charge on any atom is 0.183 e. The molecule has 0 rings (SSSR count). The summed E-state index contributed by atoms with van der Waals surface area (Å²) in [5, 5.41) is 27.0. The highest BCUT2D eigenvalue weighted by Gasteiger charge is 2.27. The van der Waals surface area contributed by atoms with Gasteiger partial charge in [-0.25, -0.2) is 8.42 Å². The first-order chi connectivity index (χ1) is 6.84. The van der Waals surface area contributed by atoms with Crippen molar-refractivity contribution in [1.82, 2.24) is 4.90 Å². The highest BCUT2D eigenvalue weighted by Crippen LogP contribution is 2.07.